The fourth-order valence-corrected chi connectivity index (χ4v) is 2.05. The first-order chi connectivity index (χ1) is 9.47. The van der Waals surface area contributed by atoms with E-state index >= 15 is 0 Å². The summed E-state index contributed by atoms with van der Waals surface area (Å²) in [5.41, 5.74) is 0.765. The number of anilines is 1. The van der Waals surface area contributed by atoms with Crippen molar-refractivity contribution in [2.24, 2.45) is 5.41 Å². The van der Waals surface area contributed by atoms with Gasteiger partial charge < -0.3 is 9.64 Å². The van der Waals surface area contributed by atoms with Gasteiger partial charge in [0.05, 0.1) is 6.54 Å². The van der Waals surface area contributed by atoms with Crippen molar-refractivity contribution in [2.75, 3.05) is 18.1 Å². The first-order valence-corrected chi connectivity index (χ1v) is 7.01. The Morgan fingerprint density at radius 3 is 2.85 bits per heavy atom. The number of ketones is 1. The first-order valence-electron chi connectivity index (χ1n) is 7.01. The third kappa shape index (κ3) is 3.83. The topological polar surface area (TPSA) is 42.4 Å². The lowest BCUT2D eigenvalue weighted by atomic mass is 9.89. The van der Waals surface area contributed by atoms with Crippen molar-refractivity contribution in [1.29, 1.82) is 0 Å². The fraction of sp³-hybridized carbons (Fsp3) is 0.500. The van der Waals surface area contributed by atoms with Crippen molar-refractivity contribution in [3.8, 4) is 0 Å². The second-order valence-electron chi connectivity index (χ2n) is 6.20. The van der Waals surface area contributed by atoms with Gasteiger partial charge in [-0.3, -0.25) is 4.79 Å². The van der Waals surface area contributed by atoms with Crippen LogP contribution in [0.2, 0.25) is 0 Å². The molecule has 0 N–H and O–H groups in total. The van der Waals surface area contributed by atoms with Gasteiger partial charge in [0.1, 0.15) is 24.4 Å². The number of Topliss-reactive ketones (excluding diaryl/α,β-unsaturated/α-hetero) is 1. The first kappa shape index (κ1) is 14.6. The molecule has 4 heteroatoms. The molecule has 0 aromatic carbocycles. The molecule has 0 fully saturated rings. The Morgan fingerprint density at radius 2 is 2.20 bits per heavy atom. The molecule has 1 aromatic heterocycles. The molecule has 4 nitrogen and oxygen atoms in total. The van der Waals surface area contributed by atoms with Crippen LogP contribution in [0.3, 0.4) is 0 Å². The number of nitrogens with zero attached hydrogens (tertiary/aromatic N) is 2. The summed E-state index contributed by atoms with van der Waals surface area (Å²) < 4.78 is 5.33. The second kappa shape index (κ2) is 6.07. The smallest absolute Gasteiger partial charge is 0.182 e. The maximum atomic E-state index is 12.4. The Morgan fingerprint density at radius 1 is 1.40 bits per heavy atom. The van der Waals surface area contributed by atoms with Crippen molar-refractivity contribution < 1.29 is 9.53 Å². The monoisotopic (exact) mass is 274 g/mol. The van der Waals surface area contributed by atoms with E-state index in [1.54, 1.807) is 12.5 Å². The summed E-state index contributed by atoms with van der Waals surface area (Å²) >= 11 is 0. The van der Waals surface area contributed by atoms with E-state index in [2.05, 4.69) is 25.8 Å². The number of aromatic nitrogens is 1. The molecule has 0 spiro atoms. The van der Waals surface area contributed by atoms with E-state index in [1.165, 1.54) is 0 Å². The highest BCUT2D eigenvalue weighted by Crippen LogP contribution is 2.25. The van der Waals surface area contributed by atoms with Crippen molar-refractivity contribution >= 4 is 11.6 Å². The predicted molar refractivity (Wildman–Crippen MR) is 79.3 cm³/mol. The molecule has 1 aromatic rings. The van der Waals surface area contributed by atoms with E-state index in [9.17, 15) is 4.79 Å². The molecule has 0 bridgehead atoms. The zero-order chi connectivity index (χ0) is 14.6. The summed E-state index contributed by atoms with van der Waals surface area (Å²) in [4.78, 5) is 18.7. The minimum Gasteiger partial charge on any atom is -0.497 e. The molecule has 0 radical (unpaired) electrons. The molecule has 0 aliphatic carbocycles. The number of carbonyl (C=O) groups excluding carboxylic acids is 1. The van der Waals surface area contributed by atoms with Crippen LogP contribution >= 0.6 is 0 Å². The molecule has 0 saturated heterocycles. The van der Waals surface area contributed by atoms with Gasteiger partial charge in [0.15, 0.2) is 5.78 Å². The quantitative estimate of drug-likeness (QED) is 0.846. The maximum Gasteiger partial charge on any atom is 0.182 e. The number of rotatable bonds is 4. The van der Waals surface area contributed by atoms with E-state index in [-0.39, 0.29) is 11.2 Å². The average molecular weight is 274 g/mol. The van der Waals surface area contributed by atoms with E-state index < -0.39 is 0 Å². The van der Waals surface area contributed by atoms with Crippen molar-refractivity contribution in [3.63, 3.8) is 0 Å². The molecule has 2 rings (SSSR count). The zero-order valence-corrected chi connectivity index (χ0v) is 12.4. The number of hydrogen-bond donors (Lipinski definition) is 0. The number of hydrogen-bond acceptors (Lipinski definition) is 4. The van der Waals surface area contributed by atoms with Gasteiger partial charge in [0, 0.05) is 12.6 Å². The van der Waals surface area contributed by atoms with Crippen molar-refractivity contribution in [1.82, 2.24) is 4.98 Å². The molecule has 1 aliphatic rings. The van der Waals surface area contributed by atoms with Crippen LogP contribution in [0.5, 0.6) is 0 Å². The average Bonchev–Trinajstić information content (AvgIpc) is 2.45. The van der Waals surface area contributed by atoms with Crippen molar-refractivity contribution in [2.45, 2.75) is 33.6 Å². The van der Waals surface area contributed by atoms with Gasteiger partial charge in [-0.2, -0.15) is 0 Å². The van der Waals surface area contributed by atoms with Gasteiger partial charge >= 0.3 is 0 Å². The van der Waals surface area contributed by atoms with Crippen LogP contribution in [0.15, 0.2) is 36.4 Å². The minimum absolute atomic E-state index is 0.116. The Hall–Kier alpha value is -1.84. The normalized spacial score (nSPS) is 15.6. The summed E-state index contributed by atoms with van der Waals surface area (Å²) in [6.07, 6.45) is 4.70. The van der Waals surface area contributed by atoms with Crippen LogP contribution in [0.4, 0.5) is 5.82 Å². The Bertz CT molecular complexity index is 489. The number of carbonyl (C=O) groups is 1. The second-order valence-corrected chi connectivity index (χ2v) is 6.20. The fourth-order valence-electron chi connectivity index (χ4n) is 2.05. The van der Waals surface area contributed by atoms with Gasteiger partial charge in [-0.1, -0.05) is 26.8 Å². The standard InChI is InChI=1S/C16H22N2O2/c1-16(2,3)8-7-14(19)13-12-20-11-10-18(13)15-6-4-5-9-17-15/h4-6,9,12H,7-8,10-11H2,1-3H3. The zero-order valence-electron chi connectivity index (χ0n) is 12.4. The van der Waals surface area contributed by atoms with E-state index in [4.69, 9.17) is 4.74 Å². The van der Waals surface area contributed by atoms with Crippen LogP contribution in [0, 0.1) is 5.41 Å². The number of allylic oxidation sites excluding steroid dienone is 1. The van der Waals surface area contributed by atoms with E-state index in [0.717, 1.165) is 12.2 Å². The van der Waals surface area contributed by atoms with Gasteiger partial charge in [0.25, 0.3) is 0 Å². The third-order valence-corrected chi connectivity index (χ3v) is 3.23. The molecule has 0 saturated carbocycles. The maximum absolute atomic E-state index is 12.4. The van der Waals surface area contributed by atoms with Gasteiger partial charge in [-0.05, 0) is 24.0 Å². The van der Waals surface area contributed by atoms with Crippen LogP contribution < -0.4 is 4.90 Å². The van der Waals surface area contributed by atoms with E-state index in [1.807, 2.05) is 23.1 Å². The molecular weight excluding hydrogens is 252 g/mol. The summed E-state index contributed by atoms with van der Waals surface area (Å²) in [6, 6.07) is 5.71. The number of ether oxygens (including phenoxy) is 1. The van der Waals surface area contributed by atoms with Crippen LogP contribution in [0.25, 0.3) is 0 Å². The highest BCUT2D eigenvalue weighted by molar-refractivity contribution is 5.98. The molecule has 20 heavy (non-hydrogen) atoms. The van der Waals surface area contributed by atoms with Crippen molar-refractivity contribution in [3.05, 3.63) is 36.4 Å². The lowest BCUT2D eigenvalue weighted by Crippen LogP contribution is -2.34. The third-order valence-electron chi connectivity index (χ3n) is 3.23. The predicted octanol–water partition coefficient (Wildman–Crippen LogP) is 3.16. The summed E-state index contributed by atoms with van der Waals surface area (Å²) in [5, 5.41) is 0. The summed E-state index contributed by atoms with van der Waals surface area (Å²) in [6.45, 7) is 7.66. The van der Waals surface area contributed by atoms with Gasteiger partial charge in [-0.25, -0.2) is 4.98 Å². The summed E-state index contributed by atoms with van der Waals surface area (Å²) in [7, 11) is 0. The Labute approximate surface area is 120 Å². The minimum atomic E-state index is 0.116. The lowest BCUT2D eigenvalue weighted by Gasteiger charge is -2.29. The van der Waals surface area contributed by atoms with Crippen LogP contribution in [0.1, 0.15) is 33.6 Å². The Balaban J connectivity index is 2.11. The molecule has 2 heterocycles. The SMILES string of the molecule is CC(C)(C)CCC(=O)C1=COCCN1c1ccccn1. The largest absolute Gasteiger partial charge is 0.497 e. The van der Waals surface area contributed by atoms with Gasteiger partial charge in [0.2, 0.25) is 0 Å². The van der Waals surface area contributed by atoms with E-state index in [0.29, 0.717) is 25.3 Å². The highest BCUT2D eigenvalue weighted by Gasteiger charge is 2.24. The summed E-state index contributed by atoms with van der Waals surface area (Å²) in [5.74, 6) is 0.913. The molecule has 0 amide bonds. The molecular formula is C16H22N2O2. The molecule has 1 aliphatic heterocycles. The van der Waals surface area contributed by atoms with Crippen LogP contribution in [-0.4, -0.2) is 23.9 Å². The molecule has 108 valence electrons. The highest BCUT2D eigenvalue weighted by atomic mass is 16.5. The molecule has 0 atom stereocenters. The van der Waals surface area contributed by atoms with Gasteiger partial charge in [-0.15, -0.1) is 0 Å². The Kier molecular flexibility index (Phi) is 4.42. The number of pyridine rings is 1. The lowest BCUT2D eigenvalue weighted by molar-refractivity contribution is -0.116. The molecule has 0 unspecified atom stereocenters. The van der Waals surface area contributed by atoms with Crippen LogP contribution in [-0.2, 0) is 9.53 Å².